The van der Waals surface area contributed by atoms with Crippen LogP contribution in [-0.4, -0.2) is 39.6 Å². The summed E-state index contributed by atoms with van der Waals surface area (Å²) >= 11 is 1.73. The Labute approximate surface area is 150 Å². The summed E-state index contributed by atoms with van der Waals surface area (Å²) < 4.78 is 7.20. The smallest absolute Gasteiger partial charge is 0.255 e. The van der Waals surface area contributed by atoms with Crippen molar-refractivity contribution >= 4 is 23.3 Å². The van der Waals surface area contributed by atoms with E-state index in [1.165, 1.54) is 0 Å². The van der Waals surface area contributed by atoms with Gasteiger partial charge in [-0.3, -0.25) is 9.20 Å². The first-order chi connectivity index (χ1) is 12.2. The number of hydrogen-bond donors (Lipinski definition) is 1. The van der Waals surface area contributed by atoms with Crippen LogP contribution in [0, 0.1) is 0 Å². The van der Waals surface area contributed by atoms with Gasteiger partial charge in [-0.1, -0.05) is 18.2 Å². The normalized spacial score (nSPS) is 12.1. The van der Waals surface area contributed by atoms with Gasteiger partial charge >= 0.3 is 0 Å². The Morgan fingerprint density at radius 1 is 1.24 bits per heavy atom. The zero-order valence-corrected chi connectivity index (χ0v) is 15.0. The van der Waals surface area contributed by atoms with Gasteiger partial charge in [0.25, 0.3) is 5.91 Å². The summed E-state index contributed by atoms with van der Waals surface area (Å²) in [6, 6.07) is 12.7. The zero-order valence-electron chi connectivity index (χ0n) is 14.2. The van der Waals surface area contributed by atoms with E-state index in [1.54, 1.807) is 31.0 Å². The summed E-state index contributed by atoms with van der Waals surface area (Å²) in [6.45, 7) is 0. The van der Waals surface area contributed by atoms with Crippen LogP contribution in [0.4, 0.5) is 0 Å². The molecule has 3 aromatic rings. The van der Waals surface area contributed by atoms with Crippen LogP contribution < -0.4 is 10.1 Å². The van der Waals surface area contributed by atoms with E-state index in [1.807, 2.05) is 47.2 Å². The molecule has 2 heterocycles. The standard InChI is InChI=1S/C18H20N4O2S/c1-24-15-8-4-3-7-13(15)18(23)19-14(10-12-25-2)17-21-20-16-9-5-6-11-22(16)17/h3-9,11,14H,10,12H2,1-2H3,(H,19,23)/t14-/m1/s1. The molecule has 0 saturated carbocycles. The second kappa shape index (κ2) is 8.02. The monoisotopic (exact) mass is 356 g/mol. The Bertz CT molecular complexity index is 865. The van der Waals surface area contributed by atoms with E-state index in [0.717, 1.165) is 23.6 Å². The summed E-state index contributed by atoms with van der Waals surface area (Å²) in [5, 5.41) is 11.6. The predicted octanol–water partition coefficient (Wildman–Crippen LogP) is 2.96. The Morgan fingerprint density at radius 2 is 2.04 bits per heavy atom. The first kappa shape index (κ1) is 17.3. The Hall–Kier alpha value is -2.54. The van der Waals surface area contributed by atoms with E-state index in [0.29, 0.717) is 11.3 Å². The van der Waals surface area contributed by atoms with E-state index in [4.69, 9.17) is 4.74 Å². The maximum absolute atomic E-state index is 12.8. The fraction of sp³-hybridized carbons (Fsp3) is 0.278. The highest BCUT2D eigenvalue weighted by atomic mass is 32.2. The highest BCUT2D eigenvalue weighted by molar-refractivity contribution is 7.98. The van der Waals surface area contributed by atoms with Crippen LogP contribution in [-0.2, 0) is 0 Å². The number of rotatable bonds is 7. The molecule has 3 rings (SSSR count). The van der Waals surface area contributed by atoms with Crippen molar-refractivity contribution in [3.05, 3.63) is 60.0 Å². The molecule has 1 N–H and O–H groups in total. The molecule has 1 amide bonds. The topological polar surface area (TPSA) is 68.5 Å². The number of carbonyl (C=O) groups is 1. The maximum atomic E-state index is 12.8. The number of aromatic nitrogens is 3. The van der Waals surface area contributed by atoms with Crippen molar-refractivity contribution in [2.24, 2.45) is 0 Å². The molecule has 0 aliphatic rings. The molecule has 130 valence electrons. The van der Waals surface area contributed by atoms with Crippen LogP contribution in [0.2, 0.25) is 0 Å². The van der Waals surface area contributed by atoms with E-state index < -0.39 is 0 Å². The Morgan fingerprint density at radius 3 is 2.84 bits per heavy atom. The molecular formula is C18H20N4O2S. The molecule has 1 atom stereocenters. The van der Waals surface area contributed by atoms with Crippen molar-refractivity contribution in [1.29, 1.82) is 0 Å². The number of fused-ring (bicyclic) bond motifs is 1. The van der Waals surface area contributed by atoms with E-state index in [-0.39, 0.29) is 11.9 Å². The Balaban J connectivity index is 1.90. The third-order valence-electron chi connectivity index (χ3n) is 3.92. The van der Waals surface area contributed by atoms with Crippen molar-refractivity contribution in [2.75, 3.05) is 19.1 Å². The van der Waals surface area contributed by atoms with Crippen LogP contribution >= 0.6 is 11.8 Å². The van der Waals surface area contributed by atoms with E-state index >= 15 is 0 Å². The van der Waals surface area contributed by atoms with E-state index in [9.17, 15) is 4.79 Å². The average molecular weight is 356 g/mol. The lowest BCUT2D eigenvalue weighted by Gasteiger charge is -2.18. The lowest BCUT2D eigenvalue weighted by atomic mass is 10.1. The van der Waals surface area contributed by atoms with Crippen molar-refractivity contribution < 1.29 is 9.53 Å². The van der Waals surface area contributed by atoms with Gasteiger partial charge in [-0.25, -0.2) is 0 Å². The number of pyridine rings is 1. The van der Waals surface area contributed by atoms with Gasteiger partial charge in [-0.05, 0) is 42.7 Å². The number of amides is 1. The first-order valence-electron chi connectivity index (χ1n) is 7.97. The molecular weight excluding hydrogens is 336 g/mol. The molecule has 0 aliphatic carbocycles. The number of hydrogen-bond acceptors (Lipinski definition) is 5. The van der Waals surface area contributed by atoms with Crippen LogP contribution in [0.5, 0.6) is 5.75 Å². The third-order valence-corrected chi connectivity index (χ3v) is 4.56. The summed E-state index contributed by atoms with van der Waals surface area (Å²) in [4.78, 5) is 12.8. The number of nitrogens with one attached hydrogen (secondary N) is 1. The molecule has 6 nitrogen and oxygen atoms in total. The van der Waals surface area contributed by atoms with Crippen LogP contribution in [0.25, 0.3) is 5.65 Å². The number of benzene rings is 1. The SMILES string of the molecule is COc1ccccc1C(=O)N[C@H](CCSC)c1nnc2ccccn12. The molecule has 0 spiro atoms. The van der Waals surface area contributed by atoms with Gasteiger partial charge in [-0.15, -0.1) is 10.2 Å². The third kappa shape index (κ3) is 3.76. The molecule has 0 aliphatic heterocycles. The summed E-state index contributed by atoms with van der Waals surface area (Å²) in [5.41, 5.74) is 1.27. The minimum absolute atomic E-state index is 0.184. The molecule has 7 heteroatoms. The highest BCUT2D eigenvalue weighted by Gasteiger charge is 2.22. The number of methoxy groups -OCH3 is 1. The maximum Gasteiger partial charge on any atom is 0.255 e. The van der Waals surface area contributed by atoms with Crippen molar-refractivity contribution in [3.8, 4) is 5.75 Å². The van der Waals surface area contributed by atoms with Crippen LogP contribution in [0.15, 0.2) is 48.7 Å². The summed E-state index contributed by atoms with van der Waals surface area (Å²) in [7, 11) is 1.56. The molecule has 1 aromatic carbocycles. The quantitative estimate of drug-likeness (QED) is 0.705. The predicted molar refractivity (Wildman–Crippen MR) is 99.2 cm³/mol. The van der Waals surface area contributed by atoms with Gasteiger partial charge in [0.05, 0.1) is 18.7 Å². The van der Waals surface area contributed by atoms with Crippen LogP contribution in [0.3, 0.4) is 0 Å². The minimum Gasteiger partial charge on any atom is -0.496 e. The van der Waals surface area contributed by atoms with Crippen molar-refractivity contribution in [3.63, 3.8) is 0 Å². The molecule has 0 unspecified atom stereocenters. The molecule has 2 aromatic heterocycles. The largest absolute Gasteiger partial charge is 0.496 e. The molecule has 0 bridgehead atoms. The van der Waals surface area contributed by atoms with Gasteiger partial charge in [0.15, 0.2) is 11.5 Å². The second-order valence-corrected chi connectivity index (χ2v) is 6.48. The van der Waals surface area contributed by atoms with Gasteiger partial charge < -0.3 is 10.1 Å². The number of para-hydroxylation sites is 1. The van der Waals surface area contributed by atoms with Gasteiger partial charge in [-0.2, -0.15) is 11.8 Å². The fourth-order valence-electron chi connectivity index (χ4n) is 2.67. The zero-order chi connectivity index (χ0) is 17.6. The molecule has 0 fully saturated rings. The number of thioether (sulfide) groups is 1. The van der Waals surface area contributed by atoms with Gasteiger partial charge in [0.1, 0.15) is 5.75 Å². The number of nitrogens with zero attached hydrogens (tertiary/aromatic N) is 3. The molecule has 0 radical (unpaired) electrons. The highest BCUT2D eigenvalue weighted by Crippen LogP contribution is 2.22. The number of ether oxygens (including phenoxy) is 1. The average Bonchev–Trinajstić information content (AvgIpc) is 3.09. The van der Waals surface area contributed by atoms with Crippen LogP contribution in [0.1, 0.15) is 28.6 Å². The second-order valence-electron chi connectivity index (χ2n) is 5.49. The van der Waals surface area contributed by atoms with Gasteiger partial charge in [0.2, 0.25) is 0 Å². The minimum atomic E-state index is -0.234. The summed E-state index contributed by atoms with van der Waals surface area (Å²) in [5.74, 6) is 2.00. The lowest BCUT2D eigenvalue weighted by Crippen LogP contribution is -2.30. The Kier molecular flexibility index (Phi) is 5.55. The fourth-order valence-corrected chi connectivity index (χ4v) is 3.14. The van der Waals surface area contributed by atoms with Crippen molar-refractivity contribution in [2.45, 2.75) is 12.5 Å². The first-order valence-corrected chi connectivity index (χ1v) is 9.36. The molecule has 0 saturated heterocycles. The lowest BCUT2D eigenvalue weighted by molar-refractivity contribution is 0.0930. The van der Waals surface area contributed by atoms with E-state index in [2.05, 4.69) is 15.5 Å². The van der Waals surface area contributed by atoms with Crippen molar-refractivity contribution in [1.82, 2.24) is 19.9 Å². The summed E-state index contributed by atoms with van der Waals surface area (Å²) in [6.07, 6.45) is 4.71. The van der Waals surface area contributed by atoms with Gasteiger partial charge in [0, 0.05) is 6.20 Å². The molecule has 25 heavy (non-hydrogen) atoms. The number of carbonyl (C=O) groups excluding carboxylic acids is 1.